The predicted molar refractivity (Wildman–Crippen MR) is 122 cm³/mol. The van der Waals surface area contributed by atoms with Crippen LogP contribution in [-0.4, -0.2) is 55.5 Å². The van der Waals surface area contributed by atoms with E-state index in [4.69, 9.17) is 16.3 Å². The Bertz CT molecular complexity index is 958. The summed E-state index contributed by atoms with van der Waals surface area (Å²) < 4.78 is 5.78. The number of rotatable bonds is 5. The highest BCUT2D eigenvalue weighted by Crippen LogP contribution is 2.39. The molecule has 2 amide bonds. The molecule has 2 heterocycles. The number of ether oxygens (including phenoxy) is 1. The Morgan fingerprint density at radius 2 is 1.90 bits per heavy atom. The minimum atomic E-state index is -0.641. The highest BCUT2D eigenvalue weighted by atomic mass is 35.5. The number of hydrogen-bond donors (Lipinski definition) is 1. The Labute approximate surface area is 188 Å². The number of fused-ring (bicyclic) bond motifs is 1. The average molecular weight is 442 g/mol. The van der Waals surface area contributed by atoms with Gasteiger partial charge >= 0.3 is 0 Å². The summed E-state index contributed by atoms with van der Waals surface area (Å²) in [7, 11) is 1.67. The minimum absolute atomic E-state index is 0.107. The topological polar surface area (TPSA) is 61.9 Å². The largest absolute Gasteiger partial charge is 0.478 e. The molecule has 164 valence electrons. The fraction of sp³-hybridized carbons (Fsp3) is 0.417. The number of piperidine rings is 1. The molecule has 1 unspecified atom stereocenters. The van der Waals surface area contributed by atoms with Gasteiger partial charge in [0.25, 0.3) is 11.8 Å². The standard InChI is InChI=1S/C24H28ClN3O3/c1-16-24(30)27(2)21-15-18(25)14-20(22(21)31-16)23(29)26-19-9-12-28(13-10-19)11-8-17-6-4-3-5-7-17/h3-7,14-16,19H,8-13H2,1-2H3,(H,26,29). The van der Waals surface area contributed by atoms with Crippen LogP contribution in [0.5, 0.6) is 5.75 Å². The van der Waals surface area contributed by atoms with Gasteiger partial charge in [0.1, 0.15) is 0 Å². The van der Waals surface area contributed by atoms with Crippen molar-refractivity contribution < 1.29 is 14.3 Å². The summed E-state index contributed by atoms with van der Waals surface area (Å²) >= 11 is 6.24. The van der Waals surface area contributed by atoms with E-state index in [-0.39, 0.29) is 17.9 Å². The Morgan fingerprint density at radius 3 is 2.61 bits per heavy atom. The van der Waals surface area contributed by atoms with Crippen LogP contribution in [0.15, 0.2) is 42.5 Å². The second-order valence-electron chi connectivity index (χ2n) is 8.28. The maximum atomic E-state index is 13.1. The Hall–Kier alpha value is -2.57. The fourth-order valence-electron chi connectivity index (χ4n) is 4.24. The number of benzene rings is 2. The Kier molecular flexibility index (Phi) is 6.49. The van der Waals surface area contributed by atoms with Gasteiger partial charge in [0, 0.05) is 37.7 Å². The van der Waals surface area contributed by atoms with Crippen molar-refractivity contribution in [1.82, 2.24) is 10.2 Å². The molecule has 6 nitrogen and oxygen atoms in total. The molecule has 0 aromatic heterocycles. The van der Waals surface area contributed by atoms with Gasteiger partial charge in [0.2, 0.25) is 0 Å². The van der Waals surface area contributed by atoms with Gasteiger partial charge in [-0.3, -0.25) is 9.59 Å². The molecule has 2 aromatic rings. The molecule has 1 atom stereocenters. The van der Waals surface area contributed by atoms with Gasteiger partial charge in [0.05, 0.1) is 11.3 Å². The number of likely N-dealkylation sites (N-methyl/N-ethyl adjacent to an activating group) is 1. The van der Waals surface area contributed by atoms with E-state index in [9.17, 15) is 9.59 Å². The normalized spacial score (nSPS) is 19.6. The second-order valence-corrected chi connectivity index (χ2v) is 8.72. The third-order valence-corrected chi connectivity index (χ3v) is 6.31. The smallest absolute Gasteiger partial charge is 0.267 e. The third kappa shape index (κ3) is 4.86. The van der Waals surface area contributed by atoms with Crippen LogP contribution in [0.1, 0.15) is 35.7 Å². The highest BCUT2D eigenvalue weighted by Gasteiger charge is 2.33. The van der Waals surface area contributed by atoms with Crippen LogP contribution in [0.4, 0.5) is 5.69 Å². The van der Waals surface area contributed by atoms with E-state index in [1.54, 1.807) is 26.1 Å². The van der Waals surface area contributed by atoms with Crippen molar-refractivity contribution in [2.45, 2.75) is 38.3 Å². The van der Waals surface area contributed by atoms with Crippen LogP contribution in [0.25, 0.3) is 0 Å². The number of amides is 2. The fourth-order valence-corrected chi connectivity index (χ4v) is 4.45. The number of likely N-dealkylation sites (tertiary alicyclic amines) is 1. The number of nitrogens with zero attached hydrogens (tertiary/aromatic N) is 2. The molecule has 2 aliphatic rings. The van der Waals surface area contributed by atoms with Crippen LogP contribution < -0.4 is 15.0 Å². The van der Waals surface area contributed by atoms with Crippen molar-refractivity contribution in [3.05, 3.63) is 58.6 Å². The van der Waals surface area contributed by atoms with E-state index in [1.807, 2.05) is 6.07 Å². The van der Waals surface area contributed by atoms with Gasteiger partial charge in [-0.15, -0.1) is 0 Å². The van der Waals surface area contributed by atoms with E-state index < -0.39 is 6.10 Å². The zero-order valence-electron chi connectivity index (χ0n) is 17.9. The first-order valence-corrected chi connectivity index (χ1v) is 11.1. The minimum Gasteiger partial charge on any atom is -0.478 e. The summed E-state index contributed by atoms with van der Waals surface area (Å²) in [6, 6.07) is 13.9. The first-order valence-electron chi connectivity index (χ1n) is 10.8. The Morgan fingerprint density at radius 1 is 1.19 bits per heavy atom. The van der Waals surface area contributed by atoms with E-state index in [0.717, 1.165) is 38.9 Å². The lowest BCUT2D eigenvalue weighted by atomic mass is 10.0. The maximum Gasteiger partial charge on any atom is 0.267 e. The maximum absolute atomic E-state index is 13.1. The highest BCUT2D eigenvalue weighted by molar-refractivity contribution is 6.31. The molecule has 0 radical (unpaired) electrons. The summed E-state index contributed by atoms with van der Waals surface area (Å²) in [5.41, 5.74) is 2.25. The van der Waals surface area contributed by atoms with Crippen molar-refractivity contribution >= 4 is 29.1 Å². The van der Waals surface area contributed by atoms with Crippen LogP contribution in [-0.2, 0) is 11.2 Å². The summed E-state index contributed by atoms with van der Waals surface area (Å²) in [5, 5.41) is 3.54. The molecule has 1 fully saturated rings. The third-order valence-electron chi connectivity index (χ3n) is 6.10. The lowest BCUT2D eigenvalue weighted by Crippen LogP contribution is -2.46. The first kappa shape index (κ1) is 21.7. The van der Waals surface area contributed by atoms with Crippen molar-refractivity contribution in [2.24, 2.45) is 0 Å². The van der Waals surface area contributed by atoms with Gasteiger partial charge in [-0.1, -0.05) is 41.9 Å². The van der Waals surface area contributed by atoms with E-state index in [1.165, 1.54) is 10.5 Å². The molecule has 1 N–H and O–H groups in total. The van der Waals surface area contributed by atoms with E-state index >= 15 is 0 Å². The van der Waals surface area contributed by atoms with Gasteiger partial charge in [-0.25, -0.2) is 0 Å². The SMILES string of the molecule is CC1Oc2c(C(=O)NC3CCN(CCc4ccccc4)CC3)cc(Cl)cc2N(C)C1=O. The molecular weight excluding hydrogens is 414 g/mol. The van der Waals surface area contributed by atoms with Crippen molar-refractivity contribution in [2.75, 3.05) is 31.6 Å². The molecule has 2 aliphatic heterocycles. The molecule has 1 saturated heterocycles. The van der Waals surface area contributed by atoms with Gasteiger partial charge < -0.3 is 19.9 Å². The number of carbonyl (C=O) groups is 2. The lowest BCUT2D eigenvalue weighted by molar-refractivity contribution is -0.125. The molecule has 31 heavy (non-hydrogen) atoms. The zero-order valence-corrected chi connectivity index (χ0v) is 18.7. The van der Waals surface area contributed by atoms with Crippen molar-refractivity contribution in [3.63, 3.8) is 0 Å². The van der Waals surface area contributed by atoms with Crippen molar-refractivity contribution in [1.29, 1.82) is 0 Å². The summed E-state index contributed by atoms with van der Waals surface area (Å²) in [4.78, 5) is 29.2. The number of nitrogens with one attached hydrogen (secondary N) is 1. The van der Waals surface area contributed by atoms with Gasteiger partial charge in [-0.2, -0.15) is 0 Å². The summed E-state index contributed by atoms with van der Waals surface area (Å²) in [5.74, 6) is 0.0391. The number of anilines is 1. The van der Waals surface area contributed by atoms with Gasteiger partial charge in [-0.05, 0) is 43.9 Å². The average Bonchev–Trinajstić information content (AvgIpc) is 2.78. The molecule has 0 aliphatic carbocycles. The number of carbonyl (C=O) groups excluding carboxylic acids is 2. The van der Waals surface area contributed by atoms with E-state index in [0.29, 0.717) is 22.0 Å². The summed E-state index contributed by atoms with van der Waals surface area (Å²) in [6.45, 7) is 4.62. The number of hydrogen-bond acceptors (Lipinski definition) is 4. The zero-order chi connectivity index (χ0) is 22.0. The molecule has 0 bridgehead atoms. The molecule has 0 saturated carbocycles. The lowest BCUT2D eigenvalue weighted by Gasteiger charge is -2.33. The Balaban J connectivity index is 1.36. The quantitative estimate of drug-likeness (QED) is 0.771. The summed E-state index contributed by atoms with van der Waals surface area (Å²) in [6.07, 6.45) is 2.20. The van der Waals surface area contributed by atoms with Crippen molar-refractivity contribution in [3.8, 4) is 5.75 Å². The molecule has 4 rings (SSSR count). The molecule has 0 spiro atoms. The molecule has 7 heteroatoms. The van der Waals surface area contributed by atoms with Gasteiger partial charge in [0.15, 0.2) is 11.9 Å². The number of halogens is 1. The van der Waals surface area contributed by atoms with Crippen LogP contribution in [0.2, 0.25) is 5.02 Å². The molecule has 2 aromatic carbocycles. The molecular formula is C24H28ClN3O3. The van der Waals surface area contributed by atoms with E-state index in [2.05, 4.69) is 34.5 Å². The predicted octanol–water partition coefficient (Wildman–Crippen LogP) is 3.52. The monoisotopic (exact) mass is 441 g/mol. The van der Waals surface area contributed by atoms with Crippen LogP contribution >= 0.6 is 11.6 Å². The van der Waals surface area contributed by atoms with Crippen LogP contribution in [0, 0.1) is 0 Å². The van der Waals surface area contributed by atoms with Crippen LogP contribution in [0.3, 0.4) is 0 Å². The second kappa shape index (κ2) is 9.28. The first-order chi connectivity index (χ1) is 14.9.